The van der Waals surface area contributed by atoms with Crippen molar-refractivity contribution in [1.29, 1.82) is 0 Å². The van der Waals surface area contributed by atoms with Crippen molar-refractivity contribution < 1.29 is 4.74 Å². The van der Waals surface area contributed by atoms with Crippen molar-refractivity contribution in [3.8, 4) is 5.75 Å². The maximum Gasteiger partial charge on any atom is 0.144 e. The van der Waals surface area contributed by atoms with Gasteiger partial charge >= 0.3 is 0 Å². The molecule has 0 aliphatic rings. The number of nitrogens with one attached hydrogen (secondary N) is 1. The Bertz CT molecular complexity index is 377. The zero-order chi connectivity index (χ0) is 14.3. The molecule has 0 fully saturated rings. The second kappa shape index (κ2) is 7.93. The fourth-order valence-corrected chi connectivity index (χ4v) is 2.12. The van der Waals surface area contributed by atoms with E-state index in [1.807, 2.05) is 25.1 Å². The predicted octanol–water partition coefficient (Wildman–Crippen LogP) is 4.29. The topological polar surface area (TPSA) is 47.3 Å². The van der Waals surface area contributed by atoms with Gasteiger partial charge in [0, 0.05) is 6.04 Å². The smallest absolute Gasteiger partial charge is 0.144 e. The molecule has 0 amide bonds. The summed E-state index contributed by atoms with van der Waals surface area (Å²) in [5.74, 6) is 1.54. The Hall–Kier alpha value is -1.38. The lowest BCUT2D eigenvalue weighted by Crippen LogP contribution is -2.16. The Balaban J connectivity index is 2.54. The minimum atomic E-state index is 0.429. The van der Waals surface area contributed by atoms with Crippen molar-refractivity contribution in [2.75, 3.05) is 17.7 Å². The number of hydrogen-bond donors (Lipinski definition) is 2. The largest absolute Gasteiger partial charge is 0.492 e. The molecule has 0 aromatic heterocycles. The van der Waals surface area contributed by atoms with Crippen molar-refractivity contribution in [1.82, 2.24) is 0 Å². The molecule has 108 valence electrons. The number of hydrogen-bond acceptors (Lipinski definition) is 3. The van der Waals surface area contributed by atoms with Gasteiger partial charge in [0.1, 0.15) is 5.75 Å². The molecule has 0 bridgehead atoms. The van der Waals surface area contributed by atoms with Crippen LogP contribution in [0.25, 0.3) is 0 Å². The summed E-state index contributed by atoms with van der Waals surface area (Å²) < 4.78 is 5.51. The fourth-order valence-electron chi connectivity index (χ4n) is 2.12. The van der Waals surface area contributed by atoms with E-state index in [0.717, 1.165) is 23.8 Å². The molecule has 0 radical (unpaired) electrons. The molecule has 1 rings (SSSR count). The van der Waals surface area contributed by atoms with Crippen molar-refractivity contribution in [3.05, 3.63) is 18.2 Å². The highest BCUT2D eigenvalue weighted by Gasteiger charge is 2.08. The zero-order valence-electron chi connectivity index (χ0n) is 12.7. The number of anilines is 2. The van der Waals surface area contributed by atoms with E-state index in [4.69, 9.17) is 10.5 Å². The van der Waals surface area contributed by atoms with Crippen molar-refractivity contribution in [2.24, 2.45) is 5.92 Å². The first kappa shape index (κ1) is 15.7. The van der Waals surface area contributed by atoms with Crippen LogP contribution in [0.1, 0.15) is 47.0 Å². The molecule has 1 unspecified atom stereocenters. The second-order valence-electron chi connectivity index (χ2n) is 5.52. The third-order valence-corrected chi connectivity index (χ3v) is 3.19. The van der Waals surface area contributed by atoms with Gasteiger partial charge in [0.05, 0.1) is 18.0 Å². The first-order valence-electron chi connectivity index (χ1n) is 7.32. The summed E-state index contributed by atoms with van der Waals surface area (Å²) in [7, 11) is 0. The summed E-state index contributed by atoms with van der Waals surface area (Å²) in [6, 6.07) is 6.33. The molecule has 0 saturated heterocycles. The van der Waals surface area contributed by atoms with Gasteiger partial charge < -0.3 is 15.8 Å². The van der Waals surface area contributed by atoms with Gasteiger partial charge in [0.2, 0.25) is 0 Å². The lowest BCUT2D eigenvalue weighted by atomic mass is 10.0. The van der Waals surface area contributed by atoms with Crippen molar-refractivity contribution in [3.63, 3.8) is 0 Å². The Kier molecular flexibility index (Phi) is 6.54. The van der Waals surface area contributed by atoms with E-state index in [1.165, 1.54) is 12.8 Å². The van der Waals surface area contributed by atoms with Gasteiger partial charge in [-0.2, -0.15) is 0 Å². The van der Waals surface area contributed by atoms with E-state index in [9.17, 15) is 0 Å². The van der Waals surface area contributed by atoms with Crippen LogP contribution in [0.3, 0.4) is 0 Å². The second-order valence-corrected chi connectivity index (χ2v) is 5.52. The van der Waals surface area contributed by atoms with Crippen LogP contribution in [0, 0.1) is 5.92 Å². The van der Waals surface area contributed by atoms with Crippen LogP contribution < -0.4 is 15.8 Å². The van der Waals surface area contributed by atoms with Crippen LogP contribution in [-0.2, 0) is 0 Å². The number of nitrogen functional groups attached to an aromatic ring is 1. The summed E-state index contributed by atoms with van der Waals surface area (Å²) in [6.07, 6.45) is 3.69. The van der Waals surface area contributed by atoms with Gasteiger partial charge in [-0.15, -0.1) is 0 Å². The van der Waals surface area contributed by atoms with E-state index < -0.39 is 0 Å². The lowest BCUT2D eigenvalue weighted by molar-refractivity contribution is 0.342. The average Bonchev–Trinajstić information content (AvgIpc) is 2.34. The fraction of sp³-hybridized carbons (Fsp3) is 0.625. The molecule has 1 atom stereocenters. The molecule has 0 heterocycles. The molecular formula is C16H28N2O. The first-order valence-corrected chi connectivity index (χ1v) is 7.32. The van der Waals surface area contributed by atoms with Gasteiger partial charge in [0.15, 0.2) is 0 Å². The summed E-state index contributed by atoms with van der Waals surface area (Å²) in [5, 5.41) is 3.48. The number of ether oxygens (including phenoxy) is 1. The lowest BCUT2D eigenvalue weighted by Gasteiger charge is -2.18. The van der Waals surface area contributed by atoms with E-state index in [2.05, 4.69) is 26.1 Å². The predicted molar refractivity (Wildman–Crippen MR) is 83.8 cm³/mol. The molecule has 0 aliphatic heterocycles. The molecule has 0 aliphatic carbocycles. The molecular weight excluding hydrogens is 236 g/mol. The molecule has 1 aromatic carbocycles. The quantitative estimate of drug-likeness (QED) is 0.688. The monoisotopic (exact) mass is 264 g/mol. The van der Waals surface area contributed by atoms with E-state index >= 15 is 0 Å². The van der Waals surface area contributed by atoms with Crippen LogP contribution in [0.15, 0.2) is 18.2 Å². The Morgan fingerprint density at radius 3 is 2.58 bits per heavy atom. The molecule has 3 N–H and O–H groups in total. The van der Waals surface area contributed by atoms with Gasteiger partial charge in [-0.1, -0.05) is 32.8 Å². The Morgan fingerprint density at radius 1 is 1.21 bits per heavy atom. The van der Waals surface area contributed by atoms with Crippen molar-refractivity contribution in [2.45, 2.75) is 53.0 Å². The van der Waals surface area contributed by atoms with E-state index in [1.54, 1.807) is 0 Å². The zero-order valence-corrected chi connectivity index (χ0v) is 12.7. The summed E-state index contributed by atoms with van der Waals surface area (Å²) in [6.45, 7) is 9.34. The van der Waals surface area contributed by atoms with Gasteiger partial charge in [-0.25, -0.2) is 0 Å². The summed E-state index contributed by atoms with van der Waals surface area (Å²) in [5.41, 5.74) is 7.79. The maximum atomic E-state index is 6.11. The third kappa shape index (κ3) is 5.41. The molecule has 3 nitrogen and oxygen atoms in total. The number of nitrogens with two attached hydrogens (primary N) is 1. The number of rotatable bonds is 8. The summed E-state index contributed by atoms with van der Waals surface area (Å²) in [4.78, 5) is 0. The Labute approximate surface area is 117 Å². The van der Waals surface area contributed by atoms with E-state index in [-0.39, 0.29) is 0 Å². The number of para-hydroxylation sites is 1. The highest BCUT2D eigenvalue weighted by Crippen LogP contribution is 2.30. The number of benzene rings is 1. The molecule has 0 saturated carbocycles. The van der Waals surface area contributed by atoms with Crippen LogP contribution in [0.4, 0.5) is 11.4 Å². The Morgan fingerprint density at radius 2 is 1.95 bits per heavy atom. The van der Waals surface area contributed by atoms with Gasteiger partial charge in [-0.3, -0.25) is 0 Å². The summed E-state index contributed by atoms with van der Waals surface area (Å²) >= 11 is 0. The van der Waals surface area contributed by atoms with Gasteiger partial charge in [-0.05, 0) is 38.3 Å². The van der Waals surface area contributed by atoms with Crippen LogP contribution in [0.2, 0.25) is 0 Å². The molecule has 1 aromatic rings. The first-order chi connectivity index (χ1) is 9.04. The van der Waals surface area contributed by atoms with E-state index in [0.29, 0.717) is 18.3 Å². The maximum absolute atomic E-state index is 6.11. The highest BCUT2D eigenvalue weighted by molar-refractivity contribution is 5.73. The third-order valence-electron chi connectivity index (χ3n) is 3.19. The average molecular weight is 264 g/mol. The van der Waals surface area contributed by atoms with Crippen molar-refractivity contribution >= 4 is 11.4 Å². The SMILES string of the molecule is CCOc1cccc(NC(C)CCCC(C)C)c1N. The van der Waals surface area contributed by atoms with Crippen LogP contribution in [0.5, 0.6) is 5.75 Å². The van der Waals surface area contributed by atoms with Crippen LogP contribution >= 0.6 is 0 Å². The highest BCUT2D eigenvalue weighted by atomic mass is 16.5. The minimum Gasteiger partial charge on any atom is -0.492 e. The molecule has 19 heavy (non-hydrogen) atoms. The normalized spacial score (nSPS) is 12.5. The minimum absolute atomic E-state index is 0.429. The van der Waals surface area contributed by atoms with Gasteiger partial charge in [0.25, 0.3) is 0 Å². The molecule has 3 heteroatoms. The standard InChI is InChI=1S/C16H28N2O/c1-5-19-15-11-7-10-14(16(15)17)18-13(4)9-6-8-12(2)3/h7,10-13,18H,5-6,8-9,17H2,1-4H3. The van der Waals surface area contributed by atoms with Crippen LogP contribution in [-0.4, -0.2) is 12.6 Å². The molecule has 0 spiro atoms.